The van der Waals surface area contributed by atoms with Crippen LogP contribution in [0.5, 0.6) is 11.5 Å². The van der Waals surface area contributed by atoms with Crippen LogP contribution in [0.15, 0.2) is 249 Å². The molecule has 0 bridgehead atoms. The fourth-order valence-electron chi connectivity index (χ4n) is 11.0. The Morgan fingerprint density at radius 2 is 0.768 bits per heavy atom. The minimum absolute atomic E-state index is 0.110. The average Bonchev–Trinajstić information content (AvgIpc) is 3.54. The largest absolute Gasteiger partial charge is 0.455 e. The Morgan fingerprint density at radius 3 is 1.45 bits per heavy atom. The predicted molar refractivity (Wildman–Crippen MR) is 289 cm³/mol. The highest BCUT2D eigenvalue weighted by Gasteiger charge is 2.36. The minimum atomic E-state index is -0.110. The van der Waals surface area contributed by atoms with Crippen molar-refractivity contribution in [1.29, 1.82) is 0 Å². The first kappa shape index (κ1) is 40.5. The first-order valence-corrected chi connectivity index (χ1v) is 23.9. The van der Waals surface area contributed by atoms with Gasteiger partial charge in [0.25, 0.3) is 0 Å². The second-order valence-electron chi connectivity index (χ2n) is 18.8. The maximum absolute atomic E-state index is 7.16. The molecule has 11 aromatic carbocycles. The van der Waals surface area contributed by atoms with Gasteiger partial charge in [0.15, 0.2) is 0 Å². The van der Waals surface area contributed by atoms with Crippen LogP contribution in [-0.2, 0) is 5.41 Å². The lowest BCUT2D eigenvalue weighted by Crippen LogP contribution is -2.16. The lowest BCUT2D eigenvalue weighted by molar-refractivity contribution is 0.489. The quantitative estimate of drug-likeness (QED) is 0.158. The maximum atomic E-state index is 7.16. The van der Waals surface area contributed by atoms with Crippen molar-refractivity contribution >= 4 is 27.8 Å². The topological polar surface area (TPSA) is 12.5 Å². The van der Waals surface area contributed by atoms with Crippen LogP contribution in [0, 0.1) is 0 Å². The van der Waals surface area contributed by atoms with Gasteiger partial charge in [0.05, 0.1) is 0 Å². The fourth-order valence-corrected chi connectivity index (χ4v) is 11.0. The van der Waals surface area contributed by atoms with Gasteiger partial charge in [-0.2, -0.15) is 0 Å². The van der Waals surface area contributed by atoms with Crippen LogP contribution in [0.2, 0.25) is 0 Å². The van der Waals surface area contributed by atoms with Gasteiger partial charge in [-0.05, 0) is 138 Å². The average molecular weight is 882 g/mol. The Kier molecular flexibility index (Phi) is 9.55. The summed E-state index contributed by atoms with van der Waals surface area (Å²) in [4.78, 5) is 2.39. The molecule has 2 nitrogen and oxygen atoms in total. The molecule has 0 N–H and O–H groups in total. The summed E-state index contributed by atoms with van der Waals surface area (Å²) in [6.45, 7) is 4.70. The highest BCUT2D eigenvalue weighted by atomic mass is 16.5. The van der Waals surface area contributed by atoms with Crippen molar-refractivity contribution in [2.75, 3.05) is 4.90 Å². The normalized spacial score (nSPS) is 12.7. The minimum Gasteiger partial charge on any atom is -0.455 e. The Labute approximate surface area is 404 Å². The molecule has 0 spiro atoms. The molecule has 0 saturated carbocycles. The number of hydrogen-bond acceptors (Lipinski definition) is 2. The molecule has 0 radical (unpaired) electrons. The molecule has 0 unspecified atom stereocenters. The van der Waals surface area contributed by atoms with Crippen molar-refractivity contribution in [1.82, 2.24) is 0 Å². The van der Waals surface area contributed by atoms with E-state index in [0.717, 1.165) is 73.1 Å². The smallest absolute Gasteiger partial charge is 0.143 e. The third kappa shape index (κ3) is 6.87. The van der Waals surface area contributed by atoms with E-state index >= 15 is 0 Å². The van der Waals surface area contributed by atoms with Crippen molar-refractivity contribution in [3.63, 3.8) is 0 Å². The second-order valence-corrected chi connectivity index (χ2v) is 18.8. The summed E-state index contributed by atoms with van der Waals surface area (Å²) in [5.74, 6) is 1.72. The summed E-state index contributed by atoms with van der Waals surface area (Å²) in [5.41, 5.74) is 22.3. The summed E-state index contributed by atoms with van der Waals surface area (Å²) in [6.07, 6.45) is 0. The third-order valence-corrected chi connectivity index (χ3v) is 14.5. The van der Waals surface area contributed by atoms with Gasteiger partial charge in [-0.1, -0.05) is 208 Å². The van der Waals surface area contributed by atoms with Crippen LogP contribution < -0.4 is 9.64 Å². The lowest BCUT2D eigenvalue weighted by atomic mass is 9.82. The van der Waals surface area contributed by atoms with Gasteiger partial charge in [0.2, 0.25) is 0 Å². The van der Waals surface area contributed by atoms with Crippen molar-refractivity contribution in [2.24, 2.45) is 0 Å². The third-order valence-electron chi connectivity index (χ3n) is 14.5. The van der Waals surface area contributed by atoms with E-state index < -0.39 is 0 Å². The van der Waals surface area contributed by atoms with Gasteiger partial charge < -0.3 is 9.64 Å². The van der Waals surface area contributed by atoms with Gasteiger partial charge in [-0.25, -0.2) is 0 Å². The molecular weight excluding hydrogens is 835 g/mol. The standard InChI is InChI=1S/C67H47NO/c1-67(2)62-25-12-11-21-57(62)58-40-39-54(43-63(58)67)68(52-35-31-46(32-36-52)44-15-5-3-6-16-44)53-37-33-47(34-38-53)45-27-29-49(30-28-45)56-23-13-24-59-60-41-50-19-9-10-20-51(50)42-61(60)65-55(48-17-7-4-8-18-48)22-14-26-64(65)69-66(56)59/h3-43H,1-2H3. The zero-order valence-electron chi connectivity index (χ0n) is 38.5. The highest BCUT2D eigenvalue weighted by Crippen LogP contribution is 2.54. The van der Waals surface area contributed by atoms with Gasteiger partial charge >= 0.3 is 0 Å². The molecule has 11 aromatic rings. The van der Waals surface area contributed by atoms with Crippen LogP contribution >= 0.6 is 0 Å². The molecule has 2 aliphatic rings. The first-order chi connectivity index (χ1) is 34.0. The van der Waals surface area contributed by atoms with Crippen molar-refractivity contribution < 1.29 is 4.74 Å². The van der Waals surface area contributed by atoms with Crippen LogP contribution in [0.25, 0.3) is 88.7 Å². The number of rotatable bonds is 7. The fraction of sp³-hybridized carbons (Fsp3) is 0.0448. The molecule has 0 fully saturated rings. The van der Waals surface area contributed by atoms with E-state index in [1.165, 1.54) is 55.3 Å². The van der Waals surface area contributed by atoms with Gasteiger partial charge in [0.1, 0.15) is 11.5 Å². The summed E-state index contributed by atoms with van der Waals surface area (Å²) in [6, 6.07) is 90.4. The Hall–Kier alpha value is -8.72. The molecule has 0 aromatic heterocycles. The zero-order valence-corrected chi connectivity index (χ0v) is 38.5. The predicted octanol–water partition coefficient (Wildman–Crippen LogP) is 18.7. The van der Waals surface area contributed by atoms with Crippen molar-refractivity contribution in [2.45, 2.75) is 19.3 Å². The number of hydrogen-bond donors (Lipinski definition) is 0. The van der Waals surface area contributed by atoms with E-state index in [2.05, 4.69) is 267 Å². The number of ether oxygens (including phenoxy) is 1. The second kappa shape index (κ2) is 16.3. The molecule has 13 rings (SSSR count). The molecule has 2 heteroatoms. The molecule has 0 atom stereocenters. The lowest BCUT2D eigenvalue weighted by Gasteiger charge is -2.28. The Balaban J connectivity index is 0.865. The van der Waals surface area contributed by atoms with E-state index in [1.54, 1.807) is 0 Å². The summed E-state index contributed by atoms with van der Waals surface area (Å²) < 4.78 is 7.16. The first-order valence-electron chi connectivity index (χ1n) is 23.9. The Bertz CT molecular complexity index is 3740. The van der Waals surface area contributed by atoms with Crippen LogP contribution in [0.4, 0.5) is 17.1 Å². The van der Waals surface area contributed by atoms with Crippen LogP contribution in [0.3, 0.4) is 0 Å². The van der Waals surface area contributed by atoms with Crippen LogP contribution in [-0.4, -0.2) is 0 Å². The highest BCUT2D eigenvalue weighted by molar-refractivity contribution is 6.04. The molecular formula is C67H47NO. The maximum Gasteiger partial charge on any atom is 0.143 e. The van der Waals surface area contributed by atoms with Crippen LogP contribution in [0.1, 0.15) is 25.0 Å². The summed E-state index contributed by atoms with van der Waals surface area (Å²) in [5, 5.41) is 2.41. The van der Waals surface area contributed by atoms with E-state index in [0.29, 0.717) is 0 Å². The van der Waals surface area contributed by atoms with Crippen molar-refractivity contribution in [3.05, 3.63) is 260 Å². The molecule has 0 amide bonds. The van der Waals surface area contributed by atoms with E-state index in [-0.39, 0.29) is 5.41 Å². The number of nitrogens with zero attached hydrogens (tertiary/aromatic N) is 1. The number of benzene rings is 11. The van der Waals surface area contributed by atoms with Crippen molar-refractivity contribution in [3.8, 4) is 89.4 Å². The zero-order chi connectivity index (χ0) is 46.1. The van der Waals surface area contributed by atoms with Gasteiger partial charge in [-0.3, -0.25) is 0 Å². The monoisotopic (exact) mass is 881 g/mol. The van der Waals surface area contributed by atoms with Gasteiger partial charge in [0, 0.05) is 39.2 Å². The number of anilines is 3. The number of para-hydroxylation sites is 1. The SMILES string of the molecule is CC1(C)c2ccccc2-c2ccc(N(c3ccc(-c4ccccc4)cc3)c3ccc(-c4ccc(-c5cccc6c5Oc5cccc(-c7ccccc7)c5-c5cc7ccccc7cc5-6)cc4)cc3)cc21. The molecule has 326 valence electrons. The summed E-state index contributed by atoms with van der Waals surface area (Å²) >= 11 is 0. The van der Waals surface area contributed by atoms with E-state index in [1.807, 2.05) is 0 Å². The molecule has 1 heterocycles. The molecule has 69 heavy (non-hydrogen) atoms. The Morgan fingerprint density at radius 1 is 0.304 bits per heavy atom. The van der Waals surface area contributed by atoms with Gasteiger partial charge in [-0.15, -0.1) is 0 Å². The summed E-state index contributed by atoms with van der Waals surface area (Å²) in [7, 11) is 0. The molecule has 1 aliphatic carbocycles. The number of fused-ring (bicyclic) bond motifs is 9. The van der Waals surface area contributed by atoms with E-state index in [9.17, 15) is 0 Å². The molecule has 0 saturated heterocycles. The van der Waals surface area contributed by atoms with E-state index in [4.69, 9.17) is 4.74 Å². The molecule has 1 aliphatic heterocycles.